The van der Waals surface area contributed by atoms with Crippen LogP contribution in [0.2, 0.25) is 0 Å². The lowest BCUT2D eigenvalue weighted by Gasteiger charge is -2.20. The van der Waals surface area contributed by atoms with Crippen LogP contribution in [-0.4, -0.2) is 19.5 Å². The second kappa shape index (κ2) is 6.10. The van der Waals surface area contributed by atoms with E-state index in [1.54, 1.807) is 0 Å². The van der Waals surface area contributed by atoms with E-state index >= 15 is 0 Å². The number of rotatable bonds is 4. The average Bonchev–Trinajstić information content (AvgIpc) is 2.41. The van der Waals surface area contributed by atoms with Crippen LogP contribution in [0.3, 0.4) is 0 Å². The first kappa shape index (κ1) is 13.9. The maximum absolute atomic E-state index is 12.1. The van der Waals surface area contributed by atoms with Crippen molar-refractivity contribution in [2.75, 3.05) is 29.5 Å². The van der Waals surface area contributed by atoms with Crippen LogP contribution in [0.1, 0.15) is 5.56 Å². The maximum Gasteiger partial charge on any atom is 0.243 e. The minimum absolute atomic E-state index is 0.0648. The summed E-state index contributed by atoms with van der Waals surface area (Å²) >= 11 is 0. The van der Waals surface area contributed by atoms with Crippen LogP contribution < -0.4 is 16.0 Å². The molecule has 0 aliphatic heterocycles. The quantitative estimate of drug-likeness (QED) is 0.839. The van der Waals surface area contributed by atoms with Crippen LogP contribution in [0.4, 0.5) is 17.1 Å². The molecule has 1 amide bonds. The zero-order chi connectivity index (χ0) is 14.5. The summed E-state index contributed by atoms with van der Waals surface area (Å²) in [5.41, 5.74) is 9.30. The summed E-state index contributed by atoms with van der Waals surface area (Å²) in [5.74, 6) is -0.0648. The molecule has 4 nitrogen and oxygen atoms in total. The third kappa shape index (κ3) is 3.29. The van der Waals surface area contributed by atoms with Crippen molar-refractivity contribution >= 4 is 23.0 Å². The van der Waals surface area contributed by atoms with E-state index in [1.165, 1.54) is 0 Å². The number of para-hydroxylation sites is 3. The van der Waals surface area contributed by atoms with Crippen LogP contribution in [0, 0.1) is 6.92 Å². The highest BCUT2D eigenvalue weighted by atomic mass is 16.2. The molecule has 0 bridgehead atoms. The molecule has 0 unspecified atom stereocenters. The molecule has 4 heteroatoms. The Morgan fingerprint density at radius 2 is 1.80 bits per heavy atom. The molecule has 20 heavy (non-hydrogen) atoms. The standard InChI is InChI=1S/C16H19N3O/c1-12-7-3-5-9-14(12)18-16(20)11-19(2)15-10-6-4-8-13(15)17/h3-10H,11,17H2,1-2H3,(H,18,20). The third-order valence-corrected chi connectivity index (χ3v) is 3.15. The molecule has 0 spiro atoms. The first-order chi connectivity index (χ1) is 9.58. The fourth-order valence-electron chi connectivity index (χ4n) is 2.04. The lowest BCUT2D eigenvalue weighted by atomic mass is 10.2. The van der Waals surface area contributed by atoms with Gasteiger partial charge in [-0.1, -0.05) is 30.3 Å². The van der Waals surface area contributed by atoms with E-state index in [9.17, 15) is 4.79 Å². The van der Waals surface area contributed by atoms with Crippen molar-refractivity contribution in [3.8, 4) is 0 Å². The average molecular weight is 269 g/mol. The molecule has 0 heterocycles. The van der Waals surface area contributed by atoms with Crippen molar-refractivity contribution in [2.24, 2.45) is 0 Å². The summed E-state index contributed by atoms with van der Waals surface area (Å²) in [4.78, 5) is 13.9. The predicted molar refractivity (Wildman–Crippen MR) is 83.9 cm³/mol. The van der Waals surface area contributed by atoms with Crippen LogP contribution in [0.5, 0.6) is 0 Å². The highest BCUT2D eigenvalue weighted by molar-refractivity contribution is 5.95. The number of nitrogen functional groups attached to an aromatic ring is 1. The Balaban J connectivity index is 2.02. The van der Waals surface area contributed by atoms with Crippen LogP contribution in [-0.2, 0) is 4.79 Å². The molecule has 104 valence electrons. The first-order valence-corrected chi connectivity index (χ1v) is 6.49. The molecule has 0 saturated heterocycles. The van der Waals surface area contributed by atoms with Crippen molar-refractivity contribution in [1.29, 1.82) is 0 Å². The molecule has 3 N–H and O–H groups in total. The van der Waals surface area contributed by atoms with Gasteiger partial charge >= 0.3 is 0 Å². The zero-order valence-corrected chi connectivity index (χ0v) is 11.8. The Labute approximate surface area is 119 Å². The Kier molecular flexibility index (Phi) is 4.25. The van der Waals surface area contributed by atoms with Crippen molar-refractivity contribution in [3.63, 3.8) is 0 Å². The maximum atomic E-state index is 12.1. The summed E-state index contributed by atoms with van der Waals surface area (Å²) in [6, 6.07) is 15.2. The molecule has 0 fully saturated rings. The molecule has 0 aliphatic rings. The van der Waals surface area contributed by atoms with Gasteiger partial charge in [0.15, 0.2) is 0 Å². The van der Waals surface area contributed by atoms with E-state index < -0.39 is 0 Å². The molecular weight excluding hydrogens is 250 g/mol. The van der Waals surface area contributed by atoms with Gasteiger partial charge in [-0.2, -0.15) is 0 Å². The van der Waals surface area contributed by atoms with Gasteiger partial charge in [-0.05, 0) is 30.7 Å². The summed E-state index contributed by atoms with van der Waals surface area (Å²) < 4.78 is 0. The largest absolute Gasteiger partial charge is 0.397 e. The Morgan fingerprint density at radius 1 is 1.15 bits per heavy atom. The number of hydrogen-bond donors (Lipinski definition) is 2. The number of amides is 1. The number of likely N-dealkylation sites (N-methyl/N-ethyl adjacent to an activating group) is 1. The predicted octanol–water partition coefficient (Wildman–Crippen LogP) is 2.65. The van der Waals surface area contributed by atoms with Gasteiger partial charge < -0.3 is 16.0 Å². The molecule has 2 aromatic carbocycles. The van der Waals surface area contributed by atoms with Gasteiger partial charge in [-0.25, -0.2) is 0 Å². The first-order valence-electron chi connectivity index (χ1n) is 6.49. The summed E-state index contributed by atoms with van der Waals surface area (Å²) in [7, 11) is 1.85. The number of aryl methyl sites for hydroxylation is 1. The summed E-state index contributed by atoms with van der Waals surface area (Å²) in [6.45, 7) is 2.22. The van der Waals surface area contributed by atoms with E-state index in [-0.39, 0.29) is 12.5 Å². The van der Waals surface area contributed by atoms with E-state index in [2.05, 4.69) is 5.32 Å². The van der Waals surface area contributed by atoms with Crippen molar-refractivity contribution in [1.82, 2.24) is 0 Å². The minimum Gasteiger partial charge on any atom is -0.397 e. The molecule has 0 atom stereocenters. The minimum atomic E-state index is -0.0648. The van der Waals surface area contributed by atoms with Crippen LogP contribution in [0.25, 0.3) is 0 Å². The zero-order valence-electron chi connectivity index (χ0n) is 11.8. The number of carbonyl (C=O) groups is 1. The fraction of sp³-hybridized carbons (Fsp3) is 0.188. The van der Waals surface area contributed by atoms with Gasteiger partial charge in [0.1, 0.15) is 0 Å². The van der Waals surface area contributed by atoms with Gasteiger partial charge in [-0.3, -0.25) is 4.79 Å². The van der Waals surface area contributed by atoms with E-state index in [4.69, 9.17) is 5.73 Å². The molecule has 0 saturated carbocycles. The molecule has 0 aromatic heterocycles. The topological polar surface area (TPSA) is 58.4 Å². The van der Waals surface area contributed by atoms with E-state index in [0.29, 0.717) is 5.69 Å². The van der Waals surface area contributed by atoms with Crippen LogP contribution >= 0.6 is 0 Å². The molecule has 0 radical (unpaired) electrons. The van der Waals surface area contributed by atoms with E-state index in [0.717, 1.165) is 16.9 Å². The molecule has 2 rings (SSSR count). The second-order valence-electron chi connectivity index (χ2n) is 4.78. The van der Waals surface area contributed by atoms with Gasteiger partial charge in [0, 0.05) is 12.7 Å². The number of nitrogens with two attached hydrogens (primary N) is 1. The smallest absolute Gasteiger partial charge is 0.243 e. The monoisotopic (exact) mass is 269 g/mol. The lowest BCUT2D eigenvalue weighted by Crippen LogP contribution is -2.30. The number of carbonyl (C=O) groups excluding carboxylic acids is 1. The van der Waals surface area contributed by atoms with Gasteiger partial charge in [0.05, 0.1) is 17.9 Å². The third-order valence-electron chi connectivity index (χ3n) is 3.15. The number of benzene rings is 2. The van der Waals surface area contributed by atoms with E-state index in [1.807, 2.05) is 67.4 Å². The fourth-order valence-corrected chi connectivity index (χ4v) is 2.04. The SMILES string of the molecule is Cc1ccccc1NC(=O)CN(C)c1ccccc1N. The normalized spacial score (nSPS) is 10.1. The number of nitrogens with one attached hydrogen (secondary N) is 1. The lowest BCUT2D eigenvalue weighted by molar-refractivity contribution is -0.114. The van der Waals surface area contributed by atoms with Crippen molar-refractivity contribution < 1.29 is 4.79 Å². The molecule has 2 aromatic rings. The molecule has 0 aliphatic carbocycles. The van der Waals surface area contributed by atoms with Crippen molar-refractivity contribution in [2.45, 2.75) is 6.92 Å². The highest BCUT2D eigenvalue weighted by Gasteiger charge is 2.10. The highest BCUT2D eigenvalue weighted by Crippen LogP contribution is 2.21. The number of nitrogens with zero attached hydrogens (tertiary/aromatic N) is 1. The van der Waals surface area contributed by atoms with Gasteiger partial charge in [0.2, 0.25) is 5.91 Å². The number of hydrogen-bond acceptors (Lipinski definition) is 3. The number of anilines is 3. The Bertz CT molecular complexity index is 610. The second-order valence-corrected chi connectivity index (χ2v) is 4.78. The van der Waals surface area contributed by atoms with Crippen molar-refractivity contribution in [3.05, 3.63) is 54.1 Å². The summed E-state index contributed by atoms with van der Waals surface area (Å²) in [5, 5.41) is 2.91. The van der Waals surface area contributed by atoms with Gasteiger partial charge in [-0.15, -0.1) is 0 Å². The van der Waals surface area contributed by atoms with Gasteiger partial charge in [0.25, 0.3) is 0 Å². The molecular formula is C16H19N3O. The van der Waals surface area contributed by atoms with Crippen LogP contribution in [0.15, 0.2) is 48.5 Å². The summed E-state index contributed by atoms with van der Waals surface area (Å²) in [6.07, 6.45) is 0. The Morgan fingerprint density at radius 3 is 2.50 bits per heavy atom. The Hall–Kier alpha value is -2.49.